The summed E-state index contributed by atoms with van der Waals surface area (Å²) in [6.45, 7) is 7.87. The minimum atomic E-state index is -0.284. The van der Waals surface area contributed by atoms with Gasteiger partial charge in [0.05, 0.1) is 13.2 Å². The van der Waals surface area contributed by atoms with Gasteiger partial charge in [-0.25, -0.2) is 0 Å². The molecule has 10 heavy (non-hydrogen) atoms. The number of hydrogen-bond donors (Lipinski definition) is 0. The molecule has 60 valence electrons. The maximum absolute atomic E-state index is 5.43. The molecule has 0 aromatic carbocycles. The van der Waals surface area contributed by atoms with E-state index >= 15 is 0 Å². The van der Waals surface area contributed by atoms with Crippen molar-refractivity contribution in [2.75, 3.05) is 13.2 Å². The highest BCUT2D eigenvalue weighted by molar-refractivity contribution is 4.69. The number of ether oxygens (including phenoxy) is 2. The lowest BCUT2D eigenvalue weighted by Gasteiger charge is -2.23. The van der Waals surface area contributed by atoms with Gasteiger partial charge in [-0.2, -0.15) is 0 Å². The molecular weight excluding hydrogens is 128 g/mol. The second-order valence-corrected chi connectivity index (χ2v) is 3.43. The summed E-state index contributed by atoms with van der Waals surface area (Å²) in [5.41, 5.74) is 0. The van der Waals surface area contributed by atoms with Crippen LogP contribution in [0.2, 0.25) is 0 Å². The van der Waals surface area contributed by atoms with Crippen LogP contribution in [0, 0.1) is 5.92 Å². The van der Waals surface area contributed by atoms with Gasteiger partial charge < -0.3 is 9.47 Å². The molecule has 0 amide bonds. The van der Waals surface area contributed by atoms with Gasteiger partial charge in [0.2, 0.25) is 0 Å². The van der Waals surface area contributed by atoms with Crippen molar-refractivity contribution in [3.05, 3.63) is 0 Å². The minimum Gasteiger partial charge on any atom is -0.348 e. The Morgan fingerprint density at radius 2 is 1.80 bits per heavy atom. The summed E-state index contributed by atoms with van der Waals surface area (Å²) in [6, 6.07) is 0. The fourth-order valence-electron chi connectivity index (χ4n) is 1.42. The molecule has 0 unspecified atom stereocenters. The smallest absolute Gasteiger partial charge is 0.165 e. The van der Waals surface area contributed by atoms with Crippen LogP contribution in [0.4, 0.5) is 0 Å². The third-order valence-corrected chi connectivity index (χ3v) is 1.68. The van der Waals surface area contributed by atoms with Crippen molar-refractivity contribution in [3.8, 4) is 0 Å². The van der Waals surface area contributed by atoms with E-state index in [4.69, 9.17) is 9.47 Å². The highest BCUT2D eigenvalue weighted by Gasteiger charge is 2.31. The van der Waals surface area contributed by atoms with E-state index in [1.807, 2.05) is 6.92 Å². The molecule has 0 aliphatic carbocycles. The molecule has 2 heteroatoms. The predicted molar refractivity (Wildman–Crippen MR) is 39.8 cm³/mol. The first-order valence-electron chi connectivity index (χ1n) is 3.90. The van der Waals surface area contributed by atoms with Crippen LogP contribution in [0.1, 0.15) is 27.2 Å². The van der Waals surface area contributed by atoms with Crippen molar-refractivity contribution in [1.29, 1.82) is 0 Å². The zero-order valence-electron chi connectivity index (χ0n) is 7.02. The first kappa shape index (κ1) is 8.02. The SMILES string of the molecule is CC(C)CC1(C)OCCO1. The van der Waals surface area contributed by atoms with Crippen LogP contribution in [-0.2, 0) is 9.47 Å². The Morgan fingerprint density at radius 1 is 1.30 bits per heavy atom. The van der Waals surface area contributed by atoms with Crippen LogP contribution in [0.3, 0.4) is 0 Å². The van der Waals surface area contributed by atoms with Crippen LogP contribution in [-0.4, -0.2) is 19.0 Å². The molecule has 1 aliphatic heterocycles. The molecule has 0 spiro atoms. The maximum atomic E-state index is 5.43. The largest absolute Gasteiger partial charge is 0.348 e. The fraction of sp³-hybridized carbons (Fsp3) is 1.00. The van der Waals surface area contributed by atoms with Gasteiger partial charge >= 0.3 is 0 Å². The molecular formula is C8H16O2. The van der Waals surface area contributed by atoms with Crippen molar-refractivity contribution >= 4 is 0 Å². The summed E-state index contributed by atoms with van der Waals surface area (Å²) in [5.74, 6) is 0.358. The Morgan fingerprint density at radius 3 is 2.20 bits per heavy atom. The first-order chi connectivity index (χ1) is 4.62. The molecule has 1 rings (SSSR count). The summed E-state index contributed by atoms with van der Waals surface area (Å²) in [7, 11) is 0. The van der Waals surface area contributed by atoms with Crippen LogP contribution in [0.25, 0.3) is 0 Å². The molecule has 1 heterocycles. The van der Waals surface area contributed by atoms with E-state index in [0.29, 0.717) is 5.92 Å². The van der Waals surface area contributed by atoms with E-state index in [1.165, 1.54) is 0 Å². The average Bonchev–Trinajstić information content (AvgIpc) is 2.12. The predicted octanol–water partition coefficient (Wildman–Crippen LogP) is 1.80. The van der Waals surface area contributed by atoms with E-state index in [9.17, 15) is 0 Å². The Bertz CT molecular complexity index is 104. The quantitative estimate of drug-likeness (QED) is 0.588. The Hall–Kier alpha value is -0.0800. The van der Waals surface area contributed by atoms with E-state index < -0.39 is 0 Å². The van der Waals surface area contributed by atoms with Crippen molar-refractivity contribution < 1.29 is 9.47 Å². The molecule has 0 radical (unpaired) electrons. The molecule has 0 N–H and O–H groups in total. The van der Waals surface area contributed by atoms with Gasteiger partial charge in [0.15, 0.2) is 5.79 Å². The van der Waals surface area contributed by atoms with Crippen molar-refractivity contribution in [2.45, 2.75) is 33.0 Å². The standard InChI is InChI=1S/C8H16O2/c1-7(2)6-8(3)9-4-5-10-8/h7H,4-6H2,1-3H3. The zero-order chi connectivity index (χ0) is 7.61. The number of rotatable bonds is 2. The lowest BCUT2D eigenvalue weighted by Crippen LogP contribution is -2.27. The molecule has 0 aromatic heterocycles. The highest BCUT2D eigenvalue weighted by atomic mass is 16.7. The van der Waals surface area contributed by atoms with Gasteiger partial charge in [0.1, 0.15) is 0 Å². The van der Waals surface area contributed by atoms with E-state index in [0.717, 1.165) is 19.6 Å². The zero-order valence-corrected chi connectivity index (χ0v) is 7.02. The van der Waals surface area contributed by atoms with E-state index in [1.54, 1.807) is 0 Å². The lowest BCUT2D eigenvalue weighted by atomic mass is 10.0. The summed E-state index contributed by atoms with van der Waals surface area (Å²) < 4.78 is 10.9. The monoisotopic (exact) mass is 144 g/mol. The van der Waals surface area contributed by atoms with Crippen molar-refractivity contribution in [3.63, 3.8) is 0 Å². The van der Waals surface area contributed by atoms with Crippen LogP contribution in [0.15, 0.2) is 0 Å². The van der Waals surface area contributed by atoms with E-state index in [-0.39, 0.29) is 5.79 Å². The third-order valence-electron chi connectivity index (χ3n) is 1.68. The average molecular weight is 144 g/mol. The van der Waals surface area contributed by atoms with Gasteiger partial charge in [-0.15, -0.1) is 0 Å². The van der Waals surface area contributed by atoms with Gasteiger partial charge in [-0.3, -0.25) is 0 Å². The molecule has 0 bridgehead atoms. The van der Waals surface area contributed by atoms with Crippen molar-refractivity contribution in [1.82, 2.24) is 0 Å². The summed E-state index contributed by atoms with van der Waals surface area (Å²) in [4.78, 5) is 0. The van der Waals surface area contributed by atoms with E-state index in [2.05, 4.69) is 13.8 Å². The van der Waals surface area contributed by atoms with Crippen LogP contribution >= 0.6 is 0 Å². The van der Waals surface area contributed by atoms with Gasteiger partial charge in [0.25, 0.3) is 0 Å². The molecule has 1 aliphatic rings. The normalized spacial score (nSPS) is 24.0. The lowest BCUT2D eigenvalue weighted by molar-refractivity contribution is -0.152. The molecule has 1 saturated heterocycles. The fourth-order valence-corrected chi connectivity index (χ4v) is 1.42. The minimum absolute atomic E-state index is 0.284. The summed E-state index contributed by atoms with van der Waals surface area (Å²) >= 11 is 0. The van der Waals surface area contributed by atoms with Crippen molar-refractivity contribution in [2.24, 2.45) is 5.92 Å². The molecule has 0 saturated carbocycles. The topological polar surface area (TPSA) is 18.5 Å². The molecule has 0 atom stereocenters. The molecule has 0 aromatic rings. The first-order valence-corrected chi connectivity index (χ1v) is 3.90. The second-order valence-electron chi connectivity index (χ2n) is 3.43. The van der Waals surface area contributed by atoms with Gasteiger partial charge in [-0.1, -0.05) is 13.8 Å². The summed E-state index contributed by atoms with van der Waals surface area (Å²) in [5, 5.41) is 0. The van der Waals surface area contributed by atoms with Crippen LogP contribution < -0.4 is 0 Å². The Balaban J connectivity index is 2.36. The molecule has 1 fully saturated rings. The maximum Gasteiger partial charge on any atom is 0.165 e. The number of hydrogen-bond acceptors (Lipinski definition) is 2. The Kier molecular flexibility index (Phi) is 2.32. The van der Waals surface area contributed by atoms with Gasteiger partial charge in [-0.05, 0) is 12.8 Å². The van der Waals surface area contributed by atoms with Crippen LogP contribution in [0.5, 0.6) is 0 Å². The summed E-state index contributed by atoms with van der Waals surface area (Å²) in [6.07, 6.45) is 0.993. The molecule has 2 nitrogen and oxygen atoms in total. The Labute approximate surface area is 62.5 Å². The van der Waals surface area contributed by atoms with Gasteiger partial charge in [0, 0.05) is 6.42 Å². The highest BCUT2D eigenvalue weighted by Crippen LogP contribution is 2.25. The third kappa shape index (κ3) is 1.96. The second kappa shape index (κ2) is 2.89.